The lowest BCUT2D eigenvalue weighted by molar-refractivity contribution is 0.332. The monoisotopic (exact) mass is 267 g/mol. The maximum Gasteiger partial charge on any atom is 0.203 e. The van der Waals surface area contributed by atoms with Gasteiger partial charge in [-0.25, -0.2) is 4.98 Å². The highest BCUT2D eigenvalue weighted by Gasteiger charge is 2.05. The lowest BCUT2D eigenvalue weighted by atomic mass is 10.3. The molecule has 0 unspecified atom stereocenters. The van der Waals surface area contributed by atoms with Crippen LogP contribution in [0.15, 0.2) is 54.6 Å². The van der Waals surface area contributed by atoms with Crippen molar-refractivity contribution in [2.24, 2.45) is 7.05 Å². The second-order valence-electron chi connectivity index (χ2n) is 4.57. The highest BCUT2D eigenvalue weighted by Crippen LogP contribution is 2.17. The fraction of sp³-hybridized carbons (Fsp3) is 0.188. The molecule has 0 saturated heterocycles. The number of aryl methyl sites for hydroxylation is 1. The number of nitrogens with one attached hydrogen (secondary N) is 1. The maximum atomic E-state index is 5.64. The molecule has 4 nitrogen and oxygen atoms in total. The van der Waals surface area contributed by atoms with E-state index in [9.17, 15) is 0 Å². The van der Waals surface area contributed by atoms with E-state index in [0.29, 0.717) is 13.2 Å². The minimum absolute atomic E-state index is 0.604. The average molecular weight is 267 g/mol. The van der Waals surface area contributed by atoms with Crippen molar-refractivity contribution >= 4 is 17.0 Å². The van der Waals surface area contributed by atoms with E-state index in [4.69, 9.17) is 4.74 Å². The number of rotatable bonds is 5. The van der Waals surface area contributed by atoms with Crippen molar-refractivity contribution in [3.63, 3.8) is 0 Å². The van der Waals surface area contributed by atoms with Crippen molar-refractivity contribution < 1.29 is 4.74 Å². The Hall–Kier alpha value is -2.49. The summed E-state index contributed by atoms with van der Waals surface area (Å²) in [5.74, 6) is 1.75. The van der Waals surface area contributed by atoms with Gasteiger partial charge < -0.3 is 14.6 Å². The van der Waals surface area contributed by atoms with Crippen LogP contribution in [0.4, 0.5) is 5.95 Å². The Labute approximate surface area is 118 Å². The molecule has 102 valence electrons. The van der Waals surface area contributed by atoms with E-state index in [0.717, 1.165) is 22.7 Å². The van der Waals surface area contributed by atoms with Crippen LogP contribution in [0.2, 0.25) is 0 Å². The number of anilines is 1. The molecule has 0 radical (unpaired) electrons. The second-order valence-corrected chi connectivity index (χ2v) is 4.57. The molecule has 0 amide bonds. The van der Waals surface area contributed by atoms with Crippen LogP contribution in [-0.4, -0.2) is 22.7 Å². The molecule has 0 spiro atoms. The van der Waals surface area contributed by atoms with E-state index < -0.39 is 0 Å². The number of imidazole rings is 1. The van der Waals surface area contributed by atoms with Crippen LogP contribution in [0.5, 0.6) is 5.75 Å². The van der Waals surface area contributed by atoms with Crippen molar-refractivity contribution in [3.8, 4) is 5.75 Å². The summed E-state index contributed by atoms with van der Waals surface area (Å²) in [6.45, 7) is 1.32. The van der Waals surface area contributed by atoms with Crippen LogP contribution in [0.25, 0.3) is 11.0 Å². The molecular formula is C16H17N3O. The summed E-state index contributed by atoms with van der Waals surface area (Å²) in [4.78, 5) is 4.55. The van der Waals surface area contributed by atoms with Gasteiger partial charge in [-0.15, -0.1) is 0 Å². The van der Waals surface area contributed by atoms with Gasteiger partial charge >= 0.3 is 0 Å². The number of hydrogen-bond donors (Lipinski definition) is 1. The van der Waals surface area contributed by atoms with Gasteiger partial charge in [-0.1, -0.05) is 30.3 Å². The van der Waals surface area contributed by atoms with E-state index in [1.54, 1.807) is 0 Å². The topological polar surface area (TPSA) is 39.1 Å². The summed E-state index contributed by atoms with van der Waals surface area (Å²) in [7, 11) is 2.01. The fourth-order valence-corrected chi connectivity index (χ4v) is 2.15. The quantitative estimate of drug-likeness (QED) is 0.722. The summed E-state index contributed by atoms with van der Waals surface area (Å²) in [6, 6.07) is 17.9. The van der Waals surface area contributed by atoms with E-state index in [1.165, 1.54) is 0 Å². The Kier molecular flexibility index (Phi) is 3.54. The number of aromatic nitrogens is 2. The van der Waals surface area contributed by atoms with Crippen LogP contribution in [-0.2, 0) is 7.05 Å². The van der Waals surface area contributed by atoms with Gasteiger partial charge in [0.25, 0.3) is 0 Å². The first-order valence-electron chi connectivity index (χ1n) is 6.68. The first-order chi connectivity index (χ1) is 9.84. The van der Waals surface area contributed by atoms with Gasteiger partial charge in [0.05, 0.1) is 17.6 Å². The summed E-state index contributed by atoms with van der Waals surface area (Å²) in [5, 5.41) is 3.30. The number of nitrogens with zero attached hydrogens (tertiary/aromatic N) is 2. The first-order valence-corrected chi connectivity index (χ1v) is 6.68. The summed E-state index contributed by atoms with van der Waals surface area (Å²) in [6.07, 6.45) is 0. The maximum absolute atomic E-state index is 5.64. The predicted molar refractivity (Wildman–Crippen MR) is 81.1 cm³/mol. The molecule has 1 aromatic heterocycles. The molecule has 4 heteroatoms. The number of para-hydroxylation sites is 3. The lowest BCUT2D eigenvalue weighted by Gasteiger charge is -2.08. The van der Waals surface area contributed by atoms with Crippen LogP contribution in [0, 0.1) is 0 Å². The molecule has 0 fully saturated rings. The lowest BCUT2D eigenvalue weighted by Crippen LogP contribution is -2.13. The summed E-state index contributed by atoms with van der Waals surface area (Å²) in [5.41, 5.74) is 2.13. The zero-order valence-corrected chi connectivity index (χ0v) is 11.4. The van der Waals surface area contributed by atoms with Gasteiger partial charge in [0.1, 0.15) is 12.4 Å². The molecule has 0 atom stereocenters. The average Bonchev–Trinajstić information content (AvgIpc) is 2.82. The van der Waals surface area contributed by atoms with Crippen LogP contribution in [0.1, 0.15) is 0 Å². The fourth-order valence-electron chi connectivity index (χ4n) is 2.15. The van der Waals surface area contributed by atoms with Crippen molar-refractivity contribution in [3.05, 3.63) is 54.6 Å². The molecule has 0 saturated carbocycles. The van der Waals surface area contributed by atoms with Crippen LogP contribution in [0.3, 0.4) is 0 Å². The minimum atomic E-state index is 0.604. The van der Waals surface area contributed by atoms with E-state index >= 15 is 0 Å². The second kappa shape index (κ2) is 5.65. The molecule has 20 heavy (non-hydrogen) atoms. The first kappa shape index (κ1) is 12.5. The zero-order valence-electron chi connectivity index (χ0n) is 11.4. The molecule has 1 heterocycles. The van der Waals surface area contributed by atoms with E-state index in [-0.39, 0.29) is 0 Å². The highest BCUT2D eigenvalue weighted by molar-refractivity contribution is 5.78. The summed E-state index contributed by atoms with van der Waals surface area (Å²) < 4.78 is 7.70. The smallest absolute Gasteiger partial charge is 0.203 e. The molecular weight excluding hydrogens is 250 g/mol. The van der Waals surface area contributed by atoms with Crippen LogP contribution < -0.4 is 10.1 Å². The van der Waals surface area contributed by atoms with Gasteiger partial charge in [0, 0.05) is 7.05 Å². The number of fused-ring (bicyclic) bond motifs is 1. The highest BCUT2D eigenvalue weighted by atomic mass is 16.5. The molecule has 0 bridgehead atoms. The SMILES string of the molecule is Cn1c(NCCOc2ccccc2)nc2ccccc21. The third kappa shape index (κ3) is 2.59. The molecule has 2 aromatic carbocycles. The van der Waals surface area contributed by atoms with E-state index in [2.05, 4.69) is 20.9 Å². The van der Waals surface area contributed by atoms with Crippen molar-refractivity contribution in [1.82, 2.24) is 9.55 Å². The Morgan fingerprint density at radius 1 is 1.05 bits per heavy atom. The third-order valence-electron chi connectivity index (χ3n) is 3.18. The predicted octanol–water partition coefficient (Wildman–Crippen LogP) is 3.06. The third-order valence-corrected chi connectivity index (χ3v) is 3.18. The number of hydrogen-bond acceptors (Lipinski definition) is 3. The van der Waals surface area contributed by atoms with Crippen molar-refractivity contribution in [2.45, 2.75) is 0 Å². The largest absolute Gasteiger partial charge is 0.492 e. The van der Waals surface area contributed by atoms with Gasteiger partial charge in [-0.05, 0) is 24.3 Å². The van der Waals surface area contributed by atoms with Crippen LogP contribution >= 0.6 is 0 Å². The zero-order chi connectivity index (χ0) is 13.8. The Morgan fingerprint density at radius 2 is 1.80 bits per heavy atom. The van der Waals surface area contributed by atoms with Gasteiger partial charge in [0.15, 0.2) is 0 Å². The molecule has 3 rings (SSSR count). The van der Waals surface area contributed by atoms with Gasteiger partial charge in [-0.2, -0.15) is 0 Å². The molecule has 3 aromatic rings. The van der Waals surface area contributed by atoms with Gasteiger partial charge in [0.2, 0.25) is 5.95 Å². The normalized spacial score (nSPS) is 10.7. The molecule has 1 N–H and O–H groups in total. The number of benzene rings is 2. The van der Waals surface area contributed by atoms with Crippen molar-refractivity contribution in [2.75, 3.05) is 18.5 Å². The minimum Gasteiger partial charge on any atom is -0.492 e. The Bertz CT molecular complexity index is 691. The standard InChI is InChI=1S/C16H17N3O/c1-19-15-10-6-5-9-14(15)18-16(19)17-11-12-20-13-7-3-2-4-8-13/h2-10H,11-12H2,1H3,(H,17,18). The summed E-state index contributed by atoms with van der Waals surface area (Å²) >= 11 is 0. The van der Waals surface area contributed by atoms with Crippen molar-refractivity contribution in [1.29, 1.82) is 0 Å². The van der Waals surface area contributed by atoms with Gasteiger partial charge in [-0.3, -0.25) is 0 Å². The molecule has 0 aliphatic carbocycles. The Balaban J connectivity index is 1.59. The molecule has 0 aliphatic rings. The molecule has 0 aliphatic heterocycles. The Morgan fingerprint density at radius 3 is 2.60 bits per heavy atom. The van der Waals surface area contributed by atoms with E-state index in [1.807, 2.05) is 55.6 Å². The number of ether oxygens (including phenoxy) is 1.